The van der Waals surface area contributed by atoms with Crippen molar-refractivity contribution in [3.8, 4) is 0 Å². The largest absolute Gasteiger partial charge is 0.469 e. The molecule has 96 valence electrons. The molecule has 3 nitrogen and oxygen atoms in total. The molecule has 1 aliphatic heterocycles. The average Bonchev–Trinajstić information content (AvgIpc) is 3.06. The van der Waals surface area contributed by atoms with Gasteiger partial charge in [-0.15, -0.1) is 0 Å². The fraction of sp³-hybridized carbons (Fsp3) is 0.643. The molecule has 0 aromatic carbocycles. The highest BCUT2D eigenvalue weighted by Gasteiger charge is 2.33. The highest BCUT2D eigenvalue weighted by molar-refractivity contribution is 5.69. The number of carbonyl (C=O) groups is 1. The molecule has 1 aliphatic rings. The van der Waals surface area contributed by atoms with E-state index < -0.39 is 0 Å². The van der Waals surface area contributed by atoms with Crippen molar-refractivity contribution in [3.05, 3.63) is 23.8 Å². The molecule has 0 amide bonds. The zero-order valence-corrected chi connectivity index (χ0v) is 11.0. The Morgan fingerprint density at radius 3 is 2.71 bits per heavy atom. The maximum atomic E-state index is 11.3. The van der Waals surface area contributed by atoms with Crippen molar-refractivity contribution in [2.45, 2.75) is 39.2 Å². The van der Waals surface area contributed by atoms with E-state index in [1.807, 2.05) is 6.92 Å². The van der Waals surface area contributed by atoms with Crippen LogP contribution in [0.1, 0.15) is 33.1 Å². The summed E-state index contributed by atoms with van der Waals surface area (Å²) in [5, 5.41) is 0. The Kier molecular flexibility index (Phi) is 5.42. The minimum absolute atomic E-state index is 0.156. The van der Waals surface area contributed by atoms with Gasteiger partial charge in [-0.3, -0.25) is 4.79 Å². The number of hydrogen-bond acceptors (Lipinski definition) is 3. The van der Waals surface area contributed by atoms with E-state index in [0.29, 0.717) is 6.42 Å². The van der Waals surface area contributed by atoms with Gasteiger partial charge in [-0.2, -0.15) is 0 Å². The quantitative estimate of drug-likeness (QED) is 0.389. The lowest BCUT2D eigenvalue weighted by Crippen LogP contribution is -2.14. The van der Waals surface area contributed by atoms with E-state index in [9.17, 15) is 4.79 Å². The molecule has 0 aromatic rings. The lowest BCUT2D eigenvalue weighted by molar-refractivity contribution is -0.141. The molecular weight excluding hydrogens is 216 g/mol. The molecule has 2 atom stereocenters. The van der Waals surface area contributed by atoms with Gasteiger partial charge in [-0.25, -0.2) is 0 Å². The third-order valence-corrected chi connectivity index (χ3v) is 2.89. The van der Waals surface area contributed by atoms with Crippen molar-refractivity contribution in [1.29, 1.82) is 0 Å². The molecule has 1 rings (SSSR count). The van der Waals surface area contributed by atoms with Crippen LogP contribution in [0.25, 0.3) is 0 Å². The van der Waals surface area contributed by atoms with Gasteiger partial charge in [0.25, 0.3) is 0 Å². The zero-order valence-electron chi connectivity index (χ0n) is 11.0. The third kappa shape index (κ3) is 5.68. The number of hydrogen-bond donors (Lipinski definition) is 0. The van der Waals surface area contributed by atoms with E-state index in [1.165, 1.54) is 12.7 Å². The van der Waals surface area contributed by atoms with Crippen LogP contribution in [0.5, 0.6) is 0 Å². The Morgan fingerprint density at radius 1 is 1.59 bits per heavy atom. The fourth-order valence-electron chi connectivity index (χ4n) is 1.89. The standard InChI is InChI=1S/C14H22O3/c1-10(2)7-11(3)5-6-12(13-9-17-13)8-14(15)16-4/h5,12-13H,1,6-9H2,2-4H3/b11-5+/t12-,13+/m1/s1. The summed E-state index contributed by atoms with van der Waals surface area (Å²) in [6.07, 6.45) is 4.67. The van der Waals surface area contributed by atoms with E-state index >= 15 is 0 Å². The zero-order chi connectivity index (χ0) is 12.8. The van der Waals surface area contributed by atoms with Crippen LogP contribution in [0.2, 0.25) is 0 Å². The second-order valence-corrected chi connectivity index (χ2v) is 4.83. The Hall–Kier alpha value is -1.09. The molecule has 17 heavy (non-hydrogen) atoms. The van der Waals surface area contributed by atoms with Gasteiger partial charge in [-0.1, -0.05) is 23.8 Å². The molecule has 0 radical (unpaired) electrons. The topological polar surface area (TPSA) is 38.8 Å². The summed E-state index contributed by atoms with van der Waals surface area (Å²) in [7, 11) is 1.43. The molecule has 0 aliphatic carbocycles. The molecule has 1 saturated heterocycles. The normalized spacial score (nSPS) is 20.9. The molecule has 1 heterocycles. The summed E-state index contributed by atoms with van der Waals surface area (Å²) in [6.45, 7) is 8.78. The Labute approximate surface area is 103 Å². The van der Waals surface area contributed by atoms with Crippen molar-refractivity contribution in [2.24, 2.45) is 5.92 Å². The summed E-state index contributed by atoms with van der Waals surface area (Å²) in [6, 6.07) is 0. The van der Waals surface area contributed by atoms with Crippen LogP contribution in [0.15, 0.2) is 23.8 Å². The van der Waals surface area contributed by atoms with E-state index in [2.05, 4.69) is 19.6 Å². The highest BCUT2D eigenvalue weighted by atomic mass is 16.6. The highest BCUT2D eigenvalue weighted by Crippen LogP contribution is 2.27. The molecule has 0 spiro atoms. The SMILES string of the molecule is C=C(C)C/C(C)=C/C[C@H](CC(=O)OC)[C@@H]1CO1. The molecule has 1 fully saturated rings. The van der Waals surface area contributed by atoms with E-state index in [0.717, 1.165) is 25.0 Å². The molecule has 0 unspecified atom stereocenters. The molecular formula is C14H22O3. The number of carbonyl (C=O) groups excluding carboxylic acids is 1. The fourth-order valence-corrected chi connectivity index (χ4v) is 1.89. The summed E-state index contributed by atoms with van der Waals surface area (Å²) in [5.41, 5.74) is 2.46. The summed E-state index contributed by atoms with van der Waals surface area (Å²) in [4.78, 5) is 11.3. The van der Waals surface area contributed by atoms with Gasteiger partial charge < -0.3 is 9.47 Å². The Morgan fingerprint density at radius 2 is 2.24 bits per heavy atom. The summed E-state index contributed by atoms with van der Waals surface area (Å²) < 4.78 is 9.98. The third-order valence-electron chi connectivity index (χ3n) is 2.89. The number of esters is 1. The van der Waals surface area contributed by atoms with Crippen molar-refractivity contribution < 1.29 is 14.3 Å². The summed E-state index contributed by atoms with van der Waals surface area (Å²) >= 11 is 0. The van der Waals surface area contributed by atoms with Crippen LogP contribution < -0.4 is 0 Å². The maximum Gasteiger partial charge on any atom is 0.305 e. The lowest BCUT2D eigenvalue weighted by Gasteiger charge is -2.11. The van der Waals surface area contributed by atoms with Crippen LogP contribution in [-0.2, 0) is 14.3 Å². The maximum absolute atomic E-state index is 11.3. The molecule has 0 saturated carbocycles. The van der Waals surface area contributed by atoms with E-state index in [4.69, 9.17) is 9.47 Å². The van der Waals surface area contributed by atoms with Crippen LogP contribution >= 0.6 is 0 Å². The first kappa shape index (κ1) is 14.0. The van der Waals surface area contributed by atoms with Gasteiger partial charge in [0.15, 0.2) is 0 Å². The predicted octanol–water partition coefficient (Wildman–Crippen LogP) is 2.87. The summed E-state index contributed by atoms with van der Waals surface area (Å²) in [5.74, 6) is 0.0963. The van der Waals surface area contributed by atoms with Gasteiger partial charge in [0.1, 0.15) is 0 Å². The number of methoxy groups -OCH3 is 1. The van der Waals surface area contributed by atoms with Crippen LogP contribution in [0.3, 0.4) is 0 Å². The van der Waals surface area contributed by atoms with Crippen LogP contribution in [0, 0.1) is 5.92 Å². The minimum atomic E-state index is -0.156. The van der Waals surface area contributed by atoms with E-state index in [1.54, 1.807) is 0 Å². The number of ether oxygens (including phenoxy) is 2. The molecule has 3 heteroatoms. The van der Waals surface area contributed by atoms with Gasteiger partial charge in [0.2, 0.25) is 0 Å². The van der Waals surface area contributed by atoms with Crippen molar-refractivity contribution >= 4 is 5.97 Å². The lowest BCUT2D eigenvalue weighted by atomic mass is 9.95. The first-order valence-electron chi connectivity index (χ1n) is 6.01. The average molecular weight is 238 g/mol. The van der Waals surface area contributed by atoms with E-state index in [-0.39, 0.29) is 18.0 Å². The number of epoxide rings is 1. The second kappa shape index (κ2) is 6.60. The van der Waals surface area contributed by atoms with Crippen molar-refractivity contribution in [2.75, 3.05) is 13.7 Å². The first-order valence-corrected chi connectivity index (χ1v) is 6.01. The first-order chi connectivity index (χ1) is 8.02. The smallest absolute Gasteiger partial charge is 0.305 e. The number of allylic oxidation sites excluding steroid dienone is 3. The van der Waals surface area contributed by atoms with Gasteiger partial charge in [0.05, 0.1) is 26.2 Å². The minimum Gasteiger partial charge on any atom is -0.469 e. The van der Waals surface area contributed by atoms with Crippen LogP contribution in [0.4, 0.5) is 0 Å². The van der Waals surface area contributed by atoms with Crippen molar-refractivity contribution in [3.63, 3.8) is 0 Å². The van der Waals surface area contributed by atoms with Crippen LogP contribution in [-0.4, -0.2) is 25.8 Å². The van der Waals surface area contributed by atoms with Gasteiger partial charge >= 0.3 is 5.97 Å². The Bertz CT molecular complexity index is 313. The monoisotopic (exact) mass is 238 g/mol. The predicted molar refractivity (Wildman–Crippen MR) is 67.7 cm³/mol. The second-order valence-electron chi connectivity index (χ2n) is 4.83. The molecule has 0 aromatic heterocycles. The molecule has 0 bridgehead atoms. The van der Waals surface area contributed by atoms with Gasteiger partial charge in [-0.05, 0) is 26.7 Å². The van der Waals surface area contributed by atoms with Crippen molar-refractivity contribution in [1.82, 2.24) is 0 Å². The number of rotatable bonds is 7. The van der Waals surface area contributed by atoms with Gasteiger partial charge in [0, 0.05) is 5.92 Å². The Balaban J connectivity index is 2.43. The molecule has 0 N–H and O–H groups in total.